The van der Waals surface area contributed by atoms with Crippen LogP contribution in [0.1, 0.15) is 6.42 Å². The fraction of sp³-hybridized carbons (Fsp3) is 0.250. The summed E-state index contributed by atoms with van der Waals surface area (Å²) in [5.74, 6) is -3.09. The third kappa shape index (κ3) is 2.86. The smallest absolute Gasteiger partial charge is 0.328 e. The van der Waals surface area contributed by atoms with Gasteiger partial charge in [0, 0.05) is 12.2 Å². The van der Waals surface area contributed by atoms with Crippen LogP contribution in [-0.2, 0) is 9.59 Å². The number of urea groups is 1. The Bertz CT molecular complexity index is 591. The largest absolute Gasteiger partial charge is 0.481 e. The number of halogens is 2. The molecule has 0 aromatic heterocycles. The second kappa shape index (κ2) is 5.68. The molecule has 0 bridgehead atoms. The second-order valence-corrected chi connectivity index (χ2v) is 5.04. The van der Waals surface area contributed by atoms with Crippen molar-refractivity contribution in [1.29, 1.82) is 0 Å². The van der Waals surface area contributed by atoms with Crippen LogP contribution in [0.2, 0.25) is 10.0 Å². The number of amides is 3. The molecule has 1 aromatic carbocycles. The number of likely N-dealkylation sites (tertiary alicyclic amines) is 1. The van der Waals surface area contributed by atoms with E-state index in [0.29, 0.717) is 10.7 Å². The normalized spacial score (nSPS) is 18.2. The zero-order chi connectivity index (χ0) is 14.9. The molecule has 1 aliphatic rings. The summed E-state index contributed by atoms with van der Waals surface area (Å²) in [6.45, 7) is 0.0724. The van der Waals surface area contributed by atoms with Crippen molar-refractivity contribution in [2.75, 3.05) is 11.9 Å². The molecular weight excluding hydrogens is 307 g/mol. The number of rotatable bonds is 2. The van der Waals surface area contributed by atoms with Crippen LogP contribution in [0.5, 0.6) is 0 Å². The summed E-state index contributed by atoms with van der Waals surface area (Å²) in [5, 5.41) is 11.9. The van der Waals surface area contributed by atoms with E-state index < -0.39 is 23.8 Å². The molecule has 0 saturated carbocycles. The van der Waals surface area contributed by atoms with Gasteiger partial charge in [0.1, 0.15) is 5.92 Å². The van der Waals surface area contributed by atoms with Crippen molar-refractivity contribution >= 4 is 46.8 Å². The maximum Gasteiger partial charge on any atom is 0.328 e. The van der Waals surface area contributed by atoms with Crippen molar-refractivity contribution < 1.29 is 19.5 Å². The molecule has 0 spiro atoms. The number of carboxylic acid groups (broad SMARTS) is 1. The Labute approximate surface area is 124 Å². The summed E-state index contributed by atoms with van der Waals surface area (Å²) in [7, 11) is 0. The standard InChI is InChI=1S/C12H10Cl2N2O4/c13-8-2-1-6(5-9(8)14)15-12(20)16-4-3-7(10(16)17)11(18)19/h1-2,5,7H,3-4H2,(H,15,20)(H,18,19). The molecule has 1 atom stereocenters. The molecule has 1 fully saturated rings. The molecule has 2 N–H and O–H groups in total. The van der Waals surface area contributed by atoms with Crippen molar-refractivity contribution in [2.24, 2.45) is 5.92 Å². The van der Waals surface area contributed by atoms with E-state index in [4.69, 9.17) is 28.3 Å². The fourth-order valence-electron chi connectivity index (χ4n) is 1.88. The zero-order valence-electron chi connectivity index (χ0n) is 10.1. The number of hydrogen-bond donors (Lipinski definition) is 2. The van der Waals surface area contributed by atoms with E-state index in [2.05, 4.69) is 5.32 Å². The van der Waals surface area contributed by atoms with E-state index >= 15 is 0 Å². The number of hydrogen-bond acceptors (Lipinski definition) is 3. The first kappa shape index (κ1) is 14.6. The van der Waals surface area contributed by atoms with Gasteiger partial charge in [0.25, 0.3) is 0 Å². The molecule has 20 heavy (non-hydrogen) atoms. The Hall–Kier alpha value is -1.79. The quantitative estimate of drug-likeness (QED) is 0.820. The van der Waals surface area contributed by atoms with E-state index in [1.165, 1.54) is 18.2 Å². The molecule has 1 heterocycles. The molecule has 106 valence electrons. The highest BCUT2D eigenvalue weighted by Crippen LogP contribution is 2.26. The molecule has 0 radical (unpaired) electrons. The van der Waals surface area contributed by atoms with Gasteiger partial charge < -0.3 is 10.4 Å². The lowest BCUT2D eigenvalue weighted by atomic mass is 10.1. The van der Waals surface area contributed by atoms with Crippen LogP contribution in [0.3, 0.4) is 0 Å². The highest BCUT2D eigenvalue weighted by Gasteiger charge is 2.40. The molecule has 8 heteroatoms. The number of nitrogens with one attached hydrogen (secondary N) is 1. The van der Waals surface area contributed by atoms with Crippen molar-refractivity contribution in [3.8, 4) is 0 Å². The predicted molar refractivity (Wildman–Crippen MR) is 72.9 cm³/mol. The third-order valence-electron chi connectivity index (χ3n) is 2.92. The van der Waals surface area contributed by atoms with Gasteiger partial charge in [-0.05, 0) is 24.6 Å². The molecule has 1 unspecified atom stereocenters. The fourth-order valence-corrected chi connectivity index (χ4v) is 2.17. The number of aliphatic carboxylic acids is 1. The first-order chi connectivity index (χ1) is 9.40. The maximum absolute atomic E-state index is 11.9. The minimum atomic E-state index is -1.22. The van der Waals surface area contributed by atoms with Gasteiger partial charge in [0.15, 0.2) is 0 Å². The predicted octanol–water partition coefficient (Wildman–Crippen LogP) is 2.46. The number of imide groups is 1. The number of benzene rings is 1. The van der Waals surface area contributed by atoms with E-state index in [-0.39, 0.29) is 18.0 Å². The Balaban J connectivity index is 2.07. The highest BCUT2D eigenvalue weighted by atomic mass is 35.5. The minimum Gasteiger partial charge on any atom is -0.481 e. The zero-order valence-corrected chi connectivity index (χ0v) is 11.6. The van der Waals surface area contributed by atoms with E-state index in [1.54, 1.807) is 0 Å². The Morgan fingerprint density at radius 3 is 2.55 bits per heavy atom. The summed E-state index contributed by atoms with van der Waals surface area (Å²) in [5.41, 5.74) is 0.371. The van der Waals surface area contributed by atoms with E-state index in [1.807, 2.05) is 0 Å². The van der Waals surface area contributed by atoms with Crippen LogP contribution in [0.25, 0.3) is 0 Å². The molecule has 1 aromatic rings. The van der Waals surface area contributed by atoms with Crippen molar-refractivity contribution in [1.82, 2.24) is 4.90 Å². The summed E-state index contributed by atoms with van der Waals surface area (Å²) in [6.07, 6.45) is 0.114. The van der Waals surface area contributed by atoms with E-state index in [9.17, 15) is 14.4 Å². The topological polar surface area (TPSA) is 86.7 Å². The van der Waals surface area contributed by atoms with Crippen LogP contribution in [0.15, 0.2) is 18.2 Å². The third-order valence-corrected chi connectivity index (χ3v) is 3.66. The summed E-state index contributed by atoms with van der Waals surface area (Å²) in [6, 6.07) is 3.79. The lowest BCUT2D eigenvalue weighted by Crippen LogP contribution is -2.38. The molecule has 6 nitrogen and oxygen atoms in total. The average molecular weight is 317 g/mol. The molecule has 2 rings (SSSR count). The van der Waals surface area contributed by atoms with Gasteiger partial charge in [0.2, 0.25) is 5.91 Å². The number of carbonyl (C=O) groups is 3. The van der Waals surface area contributed by atoms with Gasteiger partial charge in [-0.2, -0.15) is 0 Å². The minimum absolute atomic E-state index is 0.0724. The van der Waals surface area contributed by atoms with Crippen LogP contribution in [0.4, 0.5) is 10.5 Å². The lowest BCUT2D eigenvalue weighted by Gasteiger charge is -2.15. The summed E-state index contributed by atoms with van der Waals surface area (Å²) in [4.78, 5) is 35.3. The monoisotopic (exact) mass is 316 g/mol. The number of carboxylic acids is 1. The first-order valence-corrected chi connectivity index (χ1v) is 6.46. The molecule has 0 aliphatic carbocycles. The summed E-state index contributed by atoms with van der Waals surface area (Å²) < 4.78 is 0. The number of carbonyl (C=O) groups excluding carboxylic acids is 2. The Morgan fingerprint density at radius 1 is 1.30 bits per heavy atom. The van der Waals surface area contributed by atoms with Gasteiger partial charge in [-0.15, -0.1) is 0 Å². The molecule has 1 aliphatic heterocycles. The second-order valence-electron chi connectivity index (χ2n) is 4.23. The van der Waals surface area contributed by atoms with Crippen LogP contribution in [-0.4, -0.2) is 34.5 Å². The van der Waals surface area contributed by atoms with Crippen LogP contribution < -0.4 is 5.32 Å². The van der Waals surface area contributed by atoms with Crippen LogP contribution >= 0.6 is 23.2 Å². The molecule has 1 saturated heterocycles. The maximum atomic E-state index is 11.9. The molecular formula is C12H10Cl2N2O4. The molecule has 3 amide bonds. The van der Waals surface area contributed by atoms with Crippen molar-refractivity contribution in [2.45, 2.75) is 6.42 Å². The van der Waals surface area contributed by atoms with Gasteiger partial charge in [-0.25, -0.2) is 4.79 Å². The average Bonchev–Trinajstić information content (AvgIpc) is 2.76. The van der Waals surface area contributed by atoms with Gasteiger partial charge >= 0.3 is 12.0 Å². The van der Waals surface area contributed by atoms with Gasteiger partial charge in [0.05, 0.1) is 10.0 Å². The van der Waals surface area contributed by atoms with Crippen LogP contribution in [0, 0.1) is 5.92 Å². The van der Waals surface area contributed by atoms with E-state index in [0.717, 1.165) is 4.90 Å². The summed E-state index contributed by atoms with van der Waals surface area (Å²) >= 11 is 11.6. The van der Waals surface area contributed by atoms with Crippen molar-refractivity contribution in [3.63, 3.8) is 0 Å². The van der Waals surface area contributed by atoms with Gasteiger partial charge in [-0.1, -0.05) is 23.2 Å². The number of anilines is 1. The van der Waals surface area contributed by atoms with Crippen molar-refractivity contribution in [3.05, 3.63) is 28.2 Å². The SMILES string of the molecule is O=C(O)C1CCN(C(=O)Nc2ccc(Cl)c(Cl)c2)C1=O. The first-order valence-electron chi connectivity index (χ1n) is 5.70. The van der Waals surface area contributed by atoms with Gasteiger partial charge in [-0.3, -0.25) is 14.5 Å². The highest BCUT2D eigenvalue weighted by molar-refractivity contribution is 6.42. The number of nitrogens with zero attached hydrogens (tertiary/aromatic N) is 1. The Kier molecular flexibility index (Phi) is 4.15. The lowest BCUT2D eigenvalue weighted by molar-refractivity contribution is -0.146. The Morgan fingerprint density at radius 2 is 2.00 bits per heavy atom.